The van der Waals surface area contributed by atoms with Crippen LogP contribution in [-0.4, -0.2) is 19.0 Å². The highest BCUT2D eigenvalue weighted by Crippen LogP contribution is 2.33. The third kappa shape index (κ3) is 3.78. The van der Waals surface area contributed by atoms with Gasteiger partial charge in [0.05, 0.1) is 0 Å². The first-order valence-electron chi connectivity index (χ1n) is 9.44. The number of fused-ring (bicyclic) bond motifs is 1. The molecule has 3 aromatic rings. The minimum absolute atomic E-state index is 0.0304. The Labute approximate surface area is 168 Å². The third-order valence-electron chi connectivity index (χ3n) is 5.13. The lowest BCUT2D eigenvalue weighted by Crippen LogP contribution is -2.29. The summed E-state index contributed by atoms with van der Waals surface area (Å²) in [7, 11) is 0. The SMILES string of the molecule is N#C/C(=C\c1ccc(-c2ccc3cc(N4CCCCC4)ccc3c2)s1)C(N)=O. The van der Waals surface area contributed by atoms with Gasteiger partial charge in [0.2, 0.25) is 0 Å². The van der Waals surface area contributed by atoms with Gasteiger partial charge in [-0.3, -0.25) is 4.79 Å². The summed E-state index contributed by atoms with van der Waals surface area (Å²) >= 11 is 1.54. The summed E-state index contributed by atoms with van der Waals surface area (Å²) in [5.41, 5.74) is 7.61. The fourth-order valence-corrected chi connectivity index (χ4v) is 4.57. The Hall–Kier alpha value is -3.10. The molecule has 0 atom stereocenters. The third-order valence-corrected chi connectivity index (χ3v) is 6.21. The van der Waals surface area contributed by atoms with E-state index >= 15 is 0 Å². The Morgan fingerprint density at radius 2 is 1.79 bits per heavy atom. The number of primary amides is 1. The lowest BCUT2D eigenvalue weighted by atomic mass is 10.0. The molecule has 5 heteroatoms. The van der Waals surface area contributed by atoms with Crippen LogP contribution in [0.5, 0.6) is 0 Å². The van der Waals surface area contributed by atoms with Gasteiger partial charge in [0, 0.05) is 28.5 Å². The van der Waals surface area contributed by atoms with Gasteiger partial charge in [-0.05, 0) is 72.0 Å². The smallest absolute Gasteiger partial charge is 0.259 e. The van der Waals surface area contributed by atoms with Crippen LogP contribution in [0.2, 0.25) is 0 Å². The van der Waals surface area contributed by atoms with Crippen molar-refractivity contribution in [3.8, 4) is 16.5 Å². The van der Waals surface area contributed by atoms with Crippen LogP contribution < -0.4 is 10.6 Å². The van der Waals surface area contributed by atoms with Crippen molar-refractivity contribution in [1.82, 2.24) is 0 Å². The van der Waals surface area contributed by atoms with Gasteiger partial charge in [-0.2, -0.15) is 5.26 Å². The second kappa shape index (κ2) is 7.87. The number of hydrogen-bond donors (Lipinski definition) is 1. The zero-order valence-electron chi connectivity index (χ0n) is 15.5. The average molecular weight is 388 g/mol. The van der Waals surface area contributed by atoms with E-state index in [-0.39, 0.29) is 5.57 Å². The van der Waals surface area contributed by atoms with Gasteiger partial charge in [0.1, 0.15) is 11.6 Å². The molecule has 28 heavy (non-hydrogen) atoms. The minimum Gasteiger partial charge on any atom is -0.372 e. The van der Waals surface area contributed by atoms with E-state index in [1.54, 1.807) is 6.08 Å². The molecule has 1 fully saturated rings. The zero-order valence-corrected chi connectivity index (χ0v) is 16.3. The number of anilines is 1. The summed E-state index contributed by atoms with van der Waals surface area (Å²) in [5.74, 6) is -0.701. The van der Waals surface area contributed by atoms with Crippen LogP contribution in [0, 0.1) is 11.3 Å². The van der Waals surface area contributed by atoms with Crippen LogP contribution >= 0.6 is 11.3 Å². The number of amides is 1. The molecular weight excluding hydrogens is 366 g/mol. The highest BCUT2D eigenvalue weighted by Gasteiger charge is 2.12. The lowest BCUT2D eigenvalue weighted by molar-refractivity contribution is -0.114. The number of hydrogen-bond acceptors (Lipinski definition) is 4. The molecule has 0 saturated carbocycles. The molecule has 2 N–H and O–H groups in total. The van der Waals surface area contributed by atoms with Crippen molar-refractivity contribution in [2.24, 2.45) is 5.73 Å². The first kappa shape index (κ1) is 18.3. The number of carbonyl (C=O) groups is 1. The monoisotopic (exact) mass is 387 g/mol. The molecule has 1 saturated heterocycles. The highest BCUT2D eigenvalue weighted by atomic mass is 32.1. The van der Waals surface area contributed by atoms with Crippen molar-refractivity contribution in [3.05, 3.63) is 59.0 Å². The molecule has 0 spiro atoms. The van der Waals surface area contributed by atoms with Crippen LogP contribution in [0.25, 0.3) is 27.3 Å². The van der Waals surface area contributed by atoms with Crippen molar-refractivity contribution >= 4 is 39.8 Å². The van der Waals surface area contributed by atoms with Gasteiger partial charge in [0.15, 0.2) is 0 Å². The molecule has 0 unspecified atom stereocenters. The highest BCUT2D eigenvalue weighted by molar-refractivity contribution is 7.16. The van der Waals surface area contributed by atoms with Gasteiger partial charge >= 0.3 is 0 Å². The van der Waals surface area contributed by atoms with E-state index in [1.807, 2.05) is 18.2 Å². The molecule has 0 radical (unpaired) electrons. The van der Waals surface area contributed by atoms with Crippen molar-refractivity contribution in [1.29, 1.82) is 5.26 Å². The standard InChI is InChI=1S/C23H21N3OS/c24-15-19(23(25)27)14-21-8-9-22(28-21)18-5-4-17-13-20(7-6-16(17)12-18)26-10-2-1-3-11-26/h4-9,12-14H,1-3,10-11H2,(H2,25,27)/b19-14+. The Bertz CT molecular complexity index is 1100. The van der Waals surface area contributed by atoms with Gasteiger partial charge in [-0.25, -0.2) is 0 Å². The largest absolute Gasteiger partial charge is 0.372 e. The summed E-state index contributed by atoms with van der Waals surface area (Å²) in [5, 5.41) is 11.4. The van der Waals surface area contributed by atoms with Crippen molar-refractivity contribution < 1.29 is 4.79 Å². The summed E-state index contributed by atoms with van der Waals surface area (Å²) in [6, 6.07) is 18.9. The van der Waals surface area contributed by atoms with Crippen molar-refractivity contribution in [2.75, 3.05) is 18.0 Å². The van der Waals surface area contributed by atoms with Crippen LogP contribution in [0.4, 0.5) is 5.69 Å². The molecule has 4 nitrogen and oxygen atoms in total. The molecular formula is C23H21N3OS. The van der Waals surface area contributed by atoms with E-state index in [0.29, 0.717) is 0 Å². The van der Waals surface area contributed by atoms with Gasteiger partial charge < -0.3 is 10.6 Å². The topological polar surface area (TPSA) is 70.1 Å². The van der Waals surface area contributed by atoms with E-state index < -0.39 is 5.91 Å². The van der Waals surface area contributed by atoms with Gasteiger partial charge in [0.25, 0.3) is 5.91 Å². The average Bonchev–Trinajstić information content (AvgIpc) is 3.20. The molecule has 4 rings (SSSR count). The Morgan fingerprint density at radius 1 is 1.04 bits per heavy atom. The van der Waals surface area contributed by atoms with Crippen LogP contribution in [0.15, 0.2) is 54.1 Å². The zero-order chi connectivity index (χ0) is 19.5. The predicted molar refractivity (Wildman–Crippen MR) is 116 cm³/mol. The molecule has 1 amide bonds. The van der Waals surface area contributed by atoms with Crippen LogP contribution in [0.1, 0.15) is 24.1 Å². The number of piperidine rings is 1. The number of thiophene rings is 1. The summed E-state index contributed by atoms with van der Waals surface area (Å²) in [4.78, 5) is 15.6. The second-order valence-corrected chi connectivity index (χ2v) is 8.15. The molecule has 2 aromatic carbocycles. The molecule has 140 valence electrons. The number of rotatable bonds is 4. The Morgan fingerprint density at radius 3 is 2.54 bits per heavy atom. The first-order valence-corrected chi connectivity index (χ1v) is 10.3. The summed E-state index contributed by atoms with van der Waals surface area (Å²) in [6.07, 6.45) is 5.42. The fourth-order valence-electron chi connectivity index (χ4n) is 3.62. The van der Waals surface area contributed by atoms with E-state index in [9.17, 15) is 4.79 Å². The summed E-state index contributed by atoms with van der Waals surface area (Å²) in [6.45, 7) is 2.29. The van der Waals surface area contributed by atoms with Gasteiger partial charge in [-0.15, -0.1) is 11.3 Å². The quantitative estimate of drug-likeness (QED) is 0.508. The number of nitrogens with two attached hydrogens (primary N) is 1. The number of nitriles is 1. The molecule has 0 bridgehead atoms. The molecule has 0 aliphatic carbocycles. The van der Waals surface area contributed by atoms with E-state index in [4.69, 9.17) is 11.0 Å². The maximum Gasteiger partial charge on any atom is 0.259 e. The normalized spacial score (nSPS) is 14.8. The summed E-state index contributed by atoms with van der Waals surface area (Å²) < 4.78 is 0. The van der Waals surface area contributed by atoms with Crippen LogP contribution in [-0.2, 0) is 4.79 Å². The maximum atomic E-state index is 11.2. The predicted octanol–water partition coefficient (Wildman–Crippen LogP) is 4.95. The van der Waals surface area contributed by atoms with Gasteiger partial charge in [-0.1, -0.05) is 18.2 Å². The molecule has 2 heterocycles. The first-order chi connectivity index (χ1) is 13.6. The Kier molecular flexibility index (Phi) is 5.14. The van der Waals surface area contributed by atoms with E-state index in [1.165, 1.54) is 47.1 Å². The molecule has 1 aromatic heterocycles. The fraction of sp³-hybridized carbons (Fsp3) is 0.217. The van der Waals surface area contributed by atoms with E-state index in [0.717, 1.165) is 28.4 Å². The van der Waals surface area contributed by atoms with Crippen molar-refractivity contribution in [2.45, 2.75) is 19.3 Å². The number of nitrogens with zero attached hydrogens (tertiary/aromatic N) is 2. The number of benzene rings is 2. The Balaban J connectivity index is 1.62. The molecule has 1 aliphatic heterocycles. The second-order valence-electron chi connectivity index (χ2n) is 7.03. The van der Waals surface area contributed by atoms with Crippen LogP contribution in [0.3, 0.4) is 0 Å². The minimum atomic E-state index is -0.701. The lowest BCUT2D eigenvalue weighted by Gasteiger charge is -2.29. The maximum absolute atomic E-state index is 11.2. The molecule has 1 aliphatic rings. The van der Waals surface area contributed by atoms with Crippen molar-refractivity contribution in [3.63, 3.8) is 0 Å². The van der Waals surface area contributed by atoms with E-state index in [2.05, 4.69) is 41.3 Å². The number of carbonyl (C=O) groups excluding carboxylic acids is 1.